The molecule has 0 radical (unpaired) electrons. The number of aryl methyl sites for hydroxylation is 1. The summed E-state index contributed by atoms with van der Waals surface area (Å²) in [5.74, 6) is 0.0589. The number of para-hydroxylation sites is 1. The zero-order valence-corrected chi connectivity index (χ0v) is 18.7. The maximum Gasteiger partial charge on any atom is 0.339 e. The van der Waals surface area contributed by atoms with Crippen LogP contribution in [0.1, 0.15) is 18.1 Å². The first-order chi connectivity index (χ1) is 13.3. The number of rotatable bonds is 5. The van der Waals surface area contributed by atoms with E-state index in [4.69, 9.17) is 4.18 Å². The molecule has 146 valence electrons. The van der Waals surface area contributed by atoms with E-state index in [0.29, 0.717) is 16.3 Å². The van der Waals surface area contributed by atoms with Crippen molar-refractivity contribution in [3.63, 3.8) is 0 Å². The zero-order valence-electron chi connectivity index (χ0n) is 14.9. The minimum atomic E-state index is -3.99. The first kappa shape index (κ1) is 20.8. The molecule has 1 fully saturated rings. The minimum Gasteiger partial charge on any atom is -0.378 e. The summed E-state index contributed by atoms with van der Waals surface area (Å²) < 4.78 is 31.6. The van der Waals surface area contributed by atoms with E-state index < -0.39 is 10.1 Å². The second-order valence-corrected chi connectivity index (χ2v) is 10.0. The van der Waals surface area contributed by atoms with Gasteiger partial charge in [0.1, 0.15) is 4.90 Å². The van der Waals surface area contributed by atoms with Crippen LogP contribution in [0, 0.1) is 10.5 Å². The lowest BCUT2D eigenvalue weighted by molar-refractivity contribution is -0.118. The molecule has 7 nitrogen and oxygen atoms in total. The summed E-state index contributed by atoms with van der Waals surface area (Å²) in [5, 5.41) is 10.7. The van der Waals surface area contributed by atoms with E-state index in [1.165, 1.54) is 30.1 Å². The molecular formula is C18H16IN3O4S2. The number of thioether (sulfide) groups is 1. The van der Waals surface area contributed by atoms with Crippen molar-refractivity contribution in [1.29, 1.82) is 0 Å². The van der Waals surface area contributed by atoms with E-state index >= 15 is 0 Å². The lowest BCUT2D eigenvalue weighted by Gasteiger charge is -2.11. The number of carbonyl (C=O) groups is 1. The van der Waals surface area contributed by atoms with Gasteiger partial charge < -0.3 is 9.50 Å². The number of nitrogens with one attached hydrogen (secondary N) is 1. The Labute approximate surface area is 180 Å². The standard InChI is InChI=1S/C18H16IN3O4S2/c1-11-4-3-5-13(10-20-22-18-21-17(23)12(2)27-18)16(11)26-28(24,25)15-8-6-14(19)7-9-15/h3-10,12H,1-2H3,(H,21,22,23)/b20-10-/t12-/m1/s1. The molecule has 2 aromatic rings. The van der Waals surface area contributed by atoms with Crippen molar-refractivity contribution < 1.29 is 17.4 Å². The molecule has 3 rings (SSSR count). The first-order valence-corrected chi connectivity index (χ1v) is 11.5. The van der Waals surface area contributed by atoms with Crippen molar-refractivity contribution in [2.24, 2.45) is 10.2 Å². The van der Waals surface area contributed by atoms with Crippen LogP contribution < -0.4 is 9.50 Å². The molecule has 2 aromatic carbocycles. The van der Waals surface area contributed by atoms with Crippen LogP contribution in [0.3, 0.4) is 0 Å². The predicted molar refractivity (Wildman–Crippen MR) is 118 cm³/mol. The average molecular weight is 529 g/mol. The number of hydrogen-bond acceptors (Lipinski definition) is 7. The molecule has 0 aromatic heterocycles. The minimum absolute atomic E-state index is 0.0679. The Bertz CT molecular complexity index is 1070. The average Bonchev–Trinajstić information content (AvgIpc) is 2.96. The topological polar surface area (TPSA) is 97.2 Å². The molecule has 1 heterocycles. The van der Waals surface area contributed by atoms with Crippen LogP contribution >= 0.6 is 34.4 Å². The van der Waals surface area contributed by atoms with E-state index in [2.05, 4.69) is 38.1 Å². The Balaban J connectivity index is 1.86. The van der Waals surface area contributed by atoms with Gasteiger partial charge in [-0.3, -0.25) is 4.79 Å². The number of amidine groups is 1. The van der Waals surface area contributed by atoms with Crippen LogP contribution in [0.25, 0.3) is 0 Å². The van der Waals surface area contributed by atoms with Gasteiger partial charge >= 0.3 is 10.1 Å². The number of hydrogen-bond donors (Lipinski definition) is 1. The highest BCUT2D eigenvalue weighted by Gasteiger charge is 2.25. The van der Waals surface area contributed by atoms with Crippen LogP contribution in [0.15, 0.2) is 57.6 Å². The maximum absolute atomic E-state index is 12.6. The van der Waals surface area contributed by atoms with Crippen LogP contribution in [0.2, 0.25) is 0 Å². The number of amides is 1. The van der Waals surface area contributed by atoms with Crippen molar-refractivity contribution in [3.8, 4) is 5.75 Å². The number of nitrogens with zero attached hydrogens (tertiary/aromatic N) is 2. The fraction of sp³-hybridized carbons (Fsp3) is 0.167. The van der Waals surface area contributed by atoms with Gasteiger partial charge in [-0.25, -0.2) is 0 Å². The highest BCUT2D eigenvalue weighted by atomic mass is 127. The third-order valence-electron chi connectivity index (χ3n) is 3.77. The molecule has 10 heteroatoms. The molecule has 0 unspecified atom stereocenters. The summed E-state index contributed by atoms with van der Waals surface area (Å²) in [4.78, 5) is 11.5. The van der Waals surface area contributed by atoms with Gasteiger partial charge in [-0.2, -0.15) is 13.5 Å². The van der Waals surface area contributed by atoms with Gasteiger partial charge in [-0.15, -0.1) is 5.10 Å². The lowest BCUT2D eigenvalue weighted by atomic mass is 10.1. The normalized spacial score (nSPS) is 18.6. The van der Waals surface area contributed by atoms with E-state index in [1.807, 2.05) is 0 Å². The van der Waals surface area contributed by atoms with Gasteiger partial charge in [0.2, 0.25) is 5.91 Å². The van der Waals surface area contributed by atoms with Crippen molar-refractivity contribution in [3.05, 3.63) is 57.2 Å². The van der Waals surface area contributed by atoms with Crippen LogP contribution in [0.4, 0.5) is 0 Å². The van der Waals surface area contributed by atoms with E-state index in [9.17, 15) is 13.2 Å². The Hall–Kier alpha value is -1.92. The molecular weight excluding hydrogens is 513 g/mol. The number of halogens is 1. The van der Waals surface area contributed by atoms with E-state index in [1.54, 1.807) is 44.2 Å². The van der Waals surface area contributed by atoms with Crippen LogP contribution in [-0.4, -0.2) is 31.0 Å². The van der Waals surface area contributed by atoms with Crippen molar-refractivity contribution in [1.82, 2.24) is 5.32 Å². The third-order valence-corrected chi connectivity index (χ3v) is 6.70. The Morgan fingerprint density at radius 2 is 1.93 bits per heavy atom. The maximum atomic E-state index is 12.6. The smallest absolute Gasteiger partial charge is 0.339 e. The van der Waals surface area contributed by atoms with Gasteiger partial charge in [0.05, 0.1) is 11.5 Å². The largest absolute Gasteiger partial charge is 0.378 e. The van der Waals surface area contributed by atoms with Gasteiger partial charge in [-0.1, -0.05) is 23.9 Å². The van der Waals surface area contributed by atoms with Crippen molar-refractivity contribution >= 4 is 61.8 Å². The summed E-state index contributed by atoms with van der Waals surface area (Å²) in [6.07, 6.45) is 1.40. The zero-order chi connectivity index (χ0) is 20.3. The molecule has 1 aliphatic heterocycles. The van der Waals surface area contributed by atoms with Gasteiger partial charge in [0.25, 0.3) is 0 Å². The lowest BCUT2D eigenvalue weighted by Crippen LogP contribution is -2.23. The van der Waals surface area contributed by atoms with Crippen LogP contribution in [-0.2, 0) is 14.9 Å². The number of carbonyl (C=O) groups excluding carboxylic acids is 1. The van der Waals surface area contributed by atoms with Gasteiger partial charge in [-0.05, 0) is 72.3 Å². The molecule has 1 aliphatic rings. The molecule has 1 saturated heterocycles. The SMILES string of the molecule is Cc1cccc(/C=N\N=C2\NC(=O)[C@@H](C)S2)c1OS(=O)(=O)c1ccc(I)cc1. The molecule has 0 saturated carbocycles. The Kier molecular flexibility index (Phi) is 6.40. The summed E-state index contributed by atoms with van der Waals surface area (Å²) in [6, 6.07) is 11.6. The Morgan fingerprint density at radius 3 is 2.57 bits per heavy atom. The summed E-state index contributed by atoms with van der Waals surface area (Å²) >= 11 is 3.37. The molecule has 1 amide bonds. The van der Waals surface area contributed by atoms with E-state index in [0.717, 1.165) is 3.57 Å². The summed E-state index contributed by atoms with van der Waals surface area (Å²) in [6.45, 7) is 3.52. The molecule has 0 spiro atoms. The second-order valence-electron chi connectivity index (χ2n) is 5.88. The fourth-order valence-corrected chi connectivity index (χ4v) is 4.43. The molecule has 0 aliphatic carbocycles. The first-order valence-electron chi connectivity index (χ1n) is 8.14. The molecule has 28 heavy (non-hydrogen) atoms. The molecule has 1 N–H and O–H groups in total. The third kappa shape index (κ3) is 4.92. The van der Waals surface area contributed by atoms with E-state index in [-0.39, 0.29) is 21.8 Å². The monoisotopic (exact) mass is 529 g/mol. The Morgan fingerprint density at radius 1 is 1.21 bits per heavy atom. The van der Waals surface area contributed by atoms with Crippen molar-refractivity contribution in [2.75, 3.05) is 0 Å². The van der Waals surface area contributed by atoms with Gasteiger partial charge in [0.15, 0.2) is 10.9 Å². The fourth-order valence-electron chi connectivity index (χ4n) is 2.30. The summed E-state index contributed by atoms with van der Waals surface area (Å²) in [5.41, 5.74) is 1.10. The molecule has 1 atom stereocenters. The highest BCUT2D eigenvalue weighted by molar-refractivity contribution is 14.1. The second kappa shape index (κ2) is 8.62. The quantitative estimate of drug-likeness (QED) is 0.278. The number of benzene rings is 2. The van der Waals surface area contributed by atoms with Crippen LogP contribution in [0.5, 0.6) is 5.75 Å². The predicted octanol–water partition coefficient (Wildman–Crippen LogP) is 3.31. The summed E-state index contributed by atoms with van der Waals surface area (Å²) in [7, 11) is -3.99. The molecule has 0 bridgehead atoms. The van der Waals surface area contributed by atoms with Crippen molar-refractivity contribution in [2.45, 2.75) is 24.0 Å². The van der Waals surface area contributed by atoms with Gasteiger partial charge in [0, 0.05) is 9.13 Å². The highest BCUT2D eigenvalue weighted by Crippen LogP contribution is 2.26.